The quantitative estimate of drug-likeness (QED) is 0.409. The maximum atomic E-state index is 5.53. The third-order valence-electron chi connectivity index (χ3n) is 2.84. The van der Waals surface area contributed by atoms with Crippen LogP contribution in [0.4, 0.5) is 0 Å². The molecule has 0 aromatic heterocycles. The van der Waals surface area contributed by atoms with Crippen molar-refractivity contribution in [2.45, 2.75) is 59.2 Å². The summed E-state index contributed by atoms with van der Waals surface area (Å²) in [5.74, 6) is 0.525. The first-order chi connectivity index (χ1) is 7.29. The second kappa shape index (κ2) is 5.15. The van der Waals surface area contributed by atoms with Crippen molar-refractivity contribution in [2.75, 3.05) is 0 Å². The molecule has 0 aliphatic heterocycles. The van der Waals surface area contributed by atoms with Gasteiger partial charge in [-0.05, 0) is 59.0 Å². The summed E-state index contributed by atoms with van der Waals surface area (Å²) in [7, 11) is 0. The van der Waals surface area contributed by atoms with Crippen LogP contribution in [0.2, 0.25) is 0 Å². The van der Waals surface area contributed by atoms with Crippen LogP contribution in [0.1, 0.15) is 47.5 Å². The van der Waals surface area contributed by atoms with Gasteiger partial charge in [-0.2, -0.15) is 0 Å². The van der Waals surface area contributed by atoms with Gasteiger partial charge in [-0.15, -0.1) is 0 Å². The van der Waals surface area contributed by atoms with E-state index in [9.17, 15) is 0 Å². The summed E-state index contributed by atoms with van der Waals surface area (Å²) in [6.07, 6.45) is 4.37. The molecular weight excluding hydrogens is 200 g/mol. The Hall–Kier alpha value is -0.600. The molecule has 16 heavy (non-hydrogen) atoms. The molecule has 0 fully saturated rings. The Morgan fingerprint density at radius 1 is 1.44 bits per heavy atom. The molecule has 0 saturated heterocycles. The van der Waals surface area contributed by atoms with E-state index in [1.807, 2.05) is 20.8 Å². The van der Waals surface area contributed by atoms with E-state index in [2.05, 4.69) is 26.5 Å². The lowest BCUT2D eigenvalue weighted by Crippen LogP contribution is -2.28. The Labute approximate surface area is 99.3 Å². The lowest BCUT2D eigenvalue weighted by Gasteiger charge is -2.30. The maximum absolute atomic E-state index is 5.53. The highest BCUT2D eigenvalue weighted by molar-refractivity contribution is 5.14. The fourth-order valence-electron chi connectivity index (χ4n) is 1.72. The van der Waals surface area contributed by atoms with Crippen LogP contribution in [0.25, 0.3) is 0 Å². The van der Waals surface area contributed by atoms with Crippen LogP contribution in [0.3, 0.4) is 0 Å². The average Bonchev–Trinajstić information content (AvgIpc) is 2.14. The minimum absolute atomic E-state index is 0.0784. The number of hydrogen-bond acceptors (Lipinski definition) is 2. The van der Waals surface area contributed by atoms with Crippen LogP contribution < -0.4 is 0 Å². The third kappa shape index (κ3) is 4.11. The second-order valence-corrected chi connectivity index (χ2v) is 5.74. The monoisotopic (exact) mass is 224 g/mol. The molecule has 2 nitrogen and oxygen atoms in total. The van der Waals surface area contributed by atoms with Gasteiger partial charge in [-0.25, -0.2) is 9.78 Å². The van der Waals surface area contributed by atoms with Crippen molar-refractivity contribution in [3.8, 4) is 0 Å². The van der Waals surface area contributed by atoms with E-state index in [0.29, 0.717) is 5.92 Å². The van der Waals surface area contributed by atoms with Gasteiger partial charge < -0.3 is 0 Å². The summed E-state index contributed by atoms with van der Waals surface area (Å²) in [5, 5.41) is 0. The molecule has 2 heteroatoms. The predicted octanol–water partition coefficient (Wildman–Crippen LogP) is 4.03. The van der Waals surface area contributed by atoms with Crippen LogP contribution >= 0.6 is 0 Å². The number of rotatable bonds is 3. The SMILES string of the molecule is C=C(C)[C@H]1CC=C(C)C(OOC(C)(C)C)C1. The van der Waals surface area contributed by atoms with Crippen molar-refractivity contribution >= 4 is 0 Å². The molecule has 0 saturated carbocycles. The van der Waals surface area contributed by atoms with Crippen molar-refractivity contribution in [1.82, 2.24) is 0 Å². The van der Waals surface area contributed by atoms with Crippen LogP contribution in [0, 0.1) is 5.92 Å². The minimum atomic E-state index is -0.254. The molecule has 0 heterocycles. The molecule has 2 atom stereocenters. The van der Waals surface area contributed by atoms with E-state index in [1.165, 1.54) is 11.1 Å². The molecule has 0 amide bonds. The van der Waals surface area contributed by atoms with Gasteiger partial charge in [0.2, 0.25) is 0 Å². The fraction of sp³-hybridized carbons (Fsp3) is 0.714. The molecular formula is C14H24O2. The maximum Gasteiger partial charge on any atom is 0.114 e. The molecule has 0 aromatic carbocycles. The lowest BCUT2D eigenvalue weighted by molar-refractivity contribution is -0.368. The molecule has 1 aliphatic rings. The van der Waals surface area contributed by atoms with Gasteiger partial charge in [0.15, 0.2) is 0 Å². The normalized spacial score (nSPS) is 26.4. The van der Waals surface area contributed by atoms with Crippen molar-refractivity contribution in [2.24, 2.45) is 5.92 Å². The molecule has 0 aromatic rings. The molecule has 1 unspecified atom stereocenters. The van der Waals surface area contributed by atoms with E-state index in [1.54, 1.807) is 0 Å². The Morgan fingerprint density at radius 3 is 2.56 bits per heavy atom. The molecule has 1 aliphatic carbocycles. The highest BCUT2D eigenvalue weighted by atomic mass is 17.2. The second-order valence-electron chi connectivity index (χ2n) is 5.74. The average molecular weight is 224 g/mol. The van der Waals surface area contributed by atoms with E-state index < -0.39 is 0 Å². The van der Waals surface area contributed by atoms with Crippen LogP contribution in [0.5, 0.6) is 0 Å². The van der Waals surface area contributed by atoms with Gasteiger partial charge in [-0.1, -0.05) is 18.2 Å². The number of hydrogen-bond donors (Lipinski definition) is 0. The summed E-state index contributed by atoms with van der Waals surface area (Å²) < 4.78 is 0. The van der Waals surface area contributed by atoms with Gasteiger partial charge in [0.05, 0.1) is 5.60 Å². The van der Waals surface area contributed by atoms with Crippen LogP contribution in [-0.4, -0.2) is 11.7 Å². The van der Waals surface area contributed by atoms with Gasteiger partial charge in [0.1, 0.15) is 6.10 Å². The largest absolute Gasteiger partial charge is 0.230 e. The Bertz CT molecular complexity index is 284. The number of allylic oxidation sites excluding steroid dienone is 2. The Balaban J connectivity index is 2.55. The summed E-state index contributed by atoms with van der Waals surface area (Å²) in [4.78, 5) is 10.9. The van der Waals surface area contributed by atoms with Crippen molar-refractivity contribution in [3.05, 3.63) is 23.8 Å². The van der Waals surface area contributed by atoms with Gasteiger partial charge in [0, 0.05) is 0 Å². The summed E-state index contributed by atoms with van der Waals surface area (Å²) >= 11 is 0. The predicted molar refractivity (Wildman–Crippen MR) is 67.0 cm³/mol. The van der Waals surface area contributed by atoms with Gasteiger partial charge in [-0.3, -0.25) is 0 Å². The Kier molecular flexibility index (Phi) is 4.34. The first-order valence-electron chi connectivity index (χ1n) is 5.96. The van der Waals surface area contributed by atoms with Crippen LogP contribution in [-0.2, 0) is 9.78 Å². The van der Waals surface area contributed by atoms with E-state index >= 15 is 0 Å². The Morgan fingerprint density at radius 2 is 2.06 bits per heavy atom. The first-order valence-corrected chi connectivity index (χ1v) is 5.96. The zero-order chi connectivity index (χ0) is 12.3. The first kappa shape index (κ1) is 13.5. The zero-order valence-corrected chi connectivity index (χ0v) is 11.2. The van der Waals surface area contributed by atoms with E-state index in [0.717, 1.165) is 12.8 Å². The highest BCUT2D eigenvalue weighted by Gasteiger charge is 2.25. The minimum Gasteiger partial charge on any atom is -0.230 e. The molecule has 1 rings (SSSR count). The molecule has 0 N–H and O–H groups in total. The van der Waals surface area contributed by atoms with E-state index in [4.69, 9.17) is 9.78 Å². The highest BCUT2D eigenvalue weighted by Crippen LogP contribution is 2.30. The standard InChI is InChI=1S/C14H24O2/c1-10(2)12-8-7-11(3)13(9-12)15-16-14(4,5)6/h7,12-13H,1,8-9H2,2-6H3/t12-,13?/m0/s1. The lowest BCUT2D eigenvalue weighted by atomic mass is 9.84. The van der Waals surface area contributed by atoms with Gasteiger partial charge >= 0.3 is 0 Å². The van der Waals surface area contributed by atoms with Crippen LogP contribution in [0.15, 0.2) is 23.8 Å². The zero-order valence-electron chi connectivity index (χ0n) is 11.2. The smallest absolute Gasteiger partial charge is 0.114 e. The van der Waals surface area contributed by atoms with Crippen molar-refractivity contribution < 1.29 is 9.78 Å². The fourth-order valence-corrected chi connectivity index (χ4v) is 1.72. The molecule has 0 bridgehead atoms. The van der Waals surface area contributed by atoms with Crippen molar-refractivity contribution in [3.63, 3.8) is 0 Å². The topological polar surface area (TPSA) is 18.5 Å². The molecule has 0 spiro atoms. The van der Waals surface area contributed by atoms with Gasteiger partial charge in [0.25, 0.3) is 0 Å². The molecule has 0 radical (unpaired) electrons. The molecule has 92 valence electrons. The summed E-state index contributed by atoms with van der Waals surface area (Å²) in [5.41, 5.74) is 2.24. The van der Waals surface area contributed by atoms with E-state index in [-0.39, 0.29) is 11.7 Å². The summed E-state index contributed by atoms with van der Waals surface area (Å²) in [6.45, 7) is 14.2. The van der Waals surface area contributed by atoms with Crippen molar-refractivity contribution in [1.29, 1.82) is 0 Å². The summed E-state index contributed by atoms with van der Waals surface area (Å²) in [6, 6.07) is 0. The third-order valence-corrected chi connectivity index (χ3v) is 2.84.